The zero-order valence-corrected chi connectivity index (χ0v) is 12.2. The fraction of sp³-hybridized carbons (Fsp3) is 0.571. The highest BCUT2D eigenvalue weighted by Crippen LogP contribution is 2.29. The Morgan fingerprint density at radius 1 is 1.40 bits per heavy atom. The van der Waals surface area contributed by atoms with Crippen molar-refractivity contribution in [3.63, 3.8) is 0 Å². The summed E-state index contributed by atoms with van der Waals surface area (Å²) in [7, 11) is 0. The van der Waals surface area contributed by atoms with Gasteiger partial charge in [0, 0.05) is 24.2 Å². The Balaban J connectivity index is 2.76. The molecule has 20 heavy (non-hydrogen) atoms. The molecular formula is C14H22N2O4. The average Bonchev–Trinajstić information content (AvgIpc) is 2.43. The number of likely N-dealkylation sites (N-methyl/N-ethyl adjacent to an activating group) is 1. The van der Waals surface area contributed by atoms with Crippen LogP contribution in [0.5, 0.6) is 5.75 Å². The van der Waals surface area contributed by atoms with Crippen LogP contribution in [0.2, 0.25) is 0 Å². The fourth-order valence-corrected chi connectivity index (χ4v) is 1.93. The maximum Gasteiger partial charge on any atom is 0.270 e. The van der Waals surface area contributed by atoms with E-state index in [1.54, 1.807) is 13.0 Å². The third kappa shape index (κ3) is 4.47. The number of aliphatic hydroxyl groups excluding tert-OH is 1. The molecule has 0 aliphatic carbocycles. The van der Waals surface area contributed by atoms with Gasteiger partial charge in [-0.05, 0) is 26.1 Å². The number of aliphatic hydroxyl groups is 1. The molecular weight excluding hydrogens is 260 g/mol. The lowest BCUT2D eigenvalue weighted by Crippen LogP contribution is -2.28. The van der Waals surface area contributed by atoms with Crippen LogP contribution in [0.25, 0.3) is 0 Å². The van der Waals surface area contributed by atoms with Gasteiger partial charge in [-0.15, -0.1) is 0 Å². The van der Waals surface area contributed by atoms with Crippen molar-refractivity contribution >= 4 is 5.69 Å². The molecule has 0 aliphatic heterocycles. The average molecular weight is 282 g/mol. The third-order valence-corrected chi connectivity index (χ3v) is 3.21. The Bertz CT molecular complexity index is 445. The van der Waals surface area contributed by atoms with E-state index in [1.165, 1.54) is 12.1 Å². The molecule has 0 radical (unpaired) electrons. The molecule has 1 atom stereocenters. The summed E-state index contributed by atoms with van der Waals surface area (Å²) in [6, 6.07) is 4.29. The van der Waals surface area contributed by atoms with Crippen LogP contribution >= 0.6 is 0 Å². The lowest BCUT2D eigenvalue weighted by molar-refractivity contribution is -0.385. The zero-order chi connectivity index (χ0) is 15.1. The number of hydrogen-bond acceptors (Lipinski definition) is 5. The highest BCUT2D eigenvalue weighted by molar-refractivity contribution is 5.44. The summed E-state index contributed by atoms with van der Waals surface area (Å²) >= 11 is 0. The Hall–Kier alpha value is -1.66. The van der Waals surface area contributed by atoms with Gasteiger partial charge in [-0.1, -0.05) is 13.8 Å². The fourth-order valence-electron chi connectivity index (χ4n) is 1.93. The molecule has 0 aliphatic rings. The monoisotopic (exact) mass is 282 g/mol. The zero-order valence-electron chi connectivity index (χ0n) is 12.2. The van der Waals surface area contributed by atoms with Crippen molar-refractivity contribution in [3.05, 3.63) is 33.9 Å². The molecule has 0 amide bonds. The Morgan fingerprint density at radius 2 is 2.05 bits per heavy atom. The maximum atomic E-state index is 10.7. The normalized spacial score (nSPS) is 12.4. The number of nitro groups is 1. The van der Waals surface area contributed by atoms with E-state index in [0.717, 1.165) is 19.6 Å². The molecule has 1 rings (SSSR count). The van der Waals surface area contributed by atoms with Crippen molar-refractivity contribution in [3.8, 4) is 5.75 Å². The van der Waals surface area contributed by atoms with Crippen molar-refractivity contribution in [2.45, 2.75) is 26.9 Å². The summed E-state index contributed by atoms with van der Waals surface area (Å²) < 4.78 is 5.64. The molecule has 0 saturated carbocycles. The molecule has 112 valence electrons. The van der Waals surface area contributed by atoms with E-state index in [4.69, 9.17) is 4.74 Å². The number of nitrogens with zero attached hydrogens (tertiary/aromatic N) is 2. The smallest absolute Gasteiger partial charge is 0.270 e. The van der Waals surface area contributed by atoms with Crippen LogP contribution in [0, 0.1) is 10.1 Å². The van der Waals surface area contributed by atoms with Gasteiger partial charge in [-0.25, -0.2) is 0 Å². The number of benzene rings is 1. The van der Waals surface area contributed by atoms with Crippen LogP contribution in [0.3, 0.4) is 0 Å². The Labute approximate surface area is 119 Å². The molecule has 0 unspecified atom stereocenters. The van der Waals surface area contributed by atoms with Crippen molar-refractivity contribution < 1.29 is 14.8 Å². The second kappa shape index (κ2) is 7.81. The highest BCUT2D eigenvalue weighted by atomic mass is 16.6. The quantitative estimate of drug-likeness (QED) is 0.585. The van der Waals surface area contributed by atoms with E-state index in [-0.39, 0.29) is 5.69 Å². The van der Waals surface area contributed by atoms with Gasteiger partial charge in [0.15, 0.2) is 0 Å². The summed E-state index contributed by atoms with van der Waals surface area (Å²) in [6.45, 7) is 8.89. The van der Waals surface area contributed by atoms with Gasteiger partial charge in [0.1, 0.15) is 12.4 Å². The van der Waals surface area contributed by atoms with Gasteiger partial charge in [0.25, 0.3) is 5.69 Å². The molecule has 1 N–H and O–H groups in total. The van der Waals surface area contributed by atoms with Crippen LogP contribution in [0.15, 0.2) is 18.2 Å². The lowest BCUT2D eigenvalue weighted by Gasteiger charge is -2.19. The molecule has 6 nitrogen and oxygen atoms in total. The second-order valence-electron chi connectivity index (χ2n) is 4.53. The first-order chi connectivity index (χ1) is 9.49. The van der Waals surface area contributed by atoms with Crippen LogP contribution < -0.4 is 4.74 Å². The van der Waals surface area contributed by atoms with Crippen LogP contribution in [0.4, 0.5) is 5.69 Å². The number of rotatable bonds is 8. The predicted molar refractivity (Wildman–Crippen MR) is 77.0 cm³/mol. The standard InChI is InChI=1S/C14H22N2O4/c1-4-15(5-2)8-9-20-14-7-6-12(16(18)19)10-13(14)11(3)17/h6-7,10-11,17H,4-5,8-9H2,1-3H3/t11-/m0/s1. The topological polar surface area (TPSA) is 75.8 Å². The van der Waals surface area contributed by atoms with Crippen LogP contribution in [0.1, 0.15) is 32.4 Å². The minimum Gasteiger partial charge on any atom is -0.492 e. The van der Waals surface area contributed by atoms with Gasteiger partial charge >= 0.3 is 0 Å². The van der Waals surface area contributed by atoms with Gasteiger partial charge in [0.2, 0.25) is 0 Å². The molecule has 1 aromatic rings. The maximum absolute atomic E-state index is 10.7. The molecule has 0 heterocycles. The first kappa shape index (κ1) is 16.4. The molecule has 0 aromatic heterocycles. The van der Waals surface area contributed by atoms with Gasteiger partial charge in [-0.3, -0.25) is 10.1 Å². The first-order valence-electron chi connectivity index (χ1n) is 6.81. The number of ether oxygens (including phenoxy) is 1. The van der Waals surface area contributed by atoms with Crippen molar-refractivity contribution in [2.75, 3.05) is 26.2 Å². The van der Waals surface area contributed by atoms with Gasteiger partial charge in [-0.2, -0.15) is 0 Å². The second-order valence-corrected chi connectivity index (χ2v) is 4.53. The minimum atomic E-state index is -0.807. The lowest BCUT2D eigenvalue weighted by atomic mass is 10.1. The number of nitro benzene ring substituents is 1. The summed E-state index contributed by atoms with van der Waals surface area (Å²) in [6.07, 6.45) is -0.807. The largest absolute Gasteiger partial charge is 0.492 e. The van der Waals surface area contributed by atoms with E-state index in [9.17, 15) is 15.2 Å². The third-order valence-electron chi connectivity index (χ3n) is 3.21. The van der Waals surface area contributed by atoms with Crippen molar-refractivity contribution in [1.82, 2.24) is 4.90 Å². The summed E-state index contributed by atoms with van der Waals surface area (Å²) in [5.41, 5.74) is 0.399. The summed E-state index contributed by atoms with van der Waals surface area (Å²) in [5, 5.41) is 20.4. The van der Waals surface area contributed by atoms with E-state index < -0.39 is 11.0 Å². The molecule has 0 fully saturated rings. The molecule has 0 spiro atoms. The van der Waals surface area contributed by atoms with E-state index >= 15 is 0 Å². The van der Waals surface area contributed by atoms with Crippen molar-refractivity contribution in [1.29, 1.82) is 0 Å². The SMILES string of the molecule is CCN(CC)CCOc1ccc([N+](=O)[O-])cc1[C@H](C)O. The minimum absolute atomic E-state index is 0.0445. The summed E-state index contributed by atoms with van der Waals surface area (Å²) in [5.74, 6) is 0.498. The van der Waals surface area contributed by atoms with E-state index in [2.05, 4.69) is 18.7 Å². The molecule has 0 bridgehead atoms. The highest BCUT2D eigenvalue weighted by Gasteiger charge is 2.15. The van der Waals surface area contributed by atoms with E-state index in [1.807, 2.05) is 0 Å². The predicted octanol–water partition coefficient (Wildman–Crippen LogP) is 2.37. The van der Waals surface area contributed by atoms with E-state index in [0.29, 0.717) is 17.9 Å². The molecule has 0 saturated heterocycles. The summed E-state index contributed by atoms with van der Waals surface area (Å²) in [4.78, 5) is 12.5. The van der Waals surface area contributed by atoms with Crippen LogP contribution in [-0.4, -0.2) is 41.2 Å². The Kier molecular flexibility index (Phi) is 6.41. The van der Waals surface area contributed by atoms with Gasteiger partial charge in [0.05, 0.1) is 11.0 Å². The molecule has 1 aromatic carbocycles. The molecule has 6 heteroatoms. The number of non-ortho nitro benzene ring substituents is 1. The van der Waals surface area contributed by atoms with Crippen molar-refractivity contribution in [2.24, 2.45) is 0 Å². The van der Waals surface area contributed by atoms with Crippen LogP contribution in [-0.2, 0) is 0 Å². The Morgan fingerprint density at radius 3 is 2.55 bits per heavy atom. The van der Waals surface area contributed by atoms with Gasteiger partial charge < -0.3 is 14.7 Å². The first-order valence-corrected chi connectivity index (χ1v) is 6.81. The number of hydrogen-bond donors (Lipinski definition) is 1.